The lowest BCUT2D eigenvalue weighted by Gasteiger charge is -2.01. The highest BCUT2D eigenvalue weighted by Crippen LogP contribution is 2.14. The van der Waals surface area contributed by atoms with Crippen molar-refractivity contribution in [2.24, 2.45) is 5.10 Å². The van der Waals surface area contributed by atoms with Crippen molar-refractivity contribution in [1.29, 1.82) is 0 Å². The van der Waals surface area contributed by atoms with Crippen molar-refractivity contribution in [3.8, 4) is 0 Å². The van der Waals surface area contributed by atoms with E-state index < -0.39 is 5.97 Å². The van der Waals surface area contributed by atoms with Gasteiger partial charge in [-0.15, -0.1) is 11.8 Å². The standard InChI is InChI=1S/C15H14N2O2S/c1-20-14-8-2-11(3-9-14)10-16-17-13-6-4-12(5-7-13)15(18)19/h2-10,17H,1H3,(H,18,19). The molecule has 4 nitrogen and oxygen atoms in total. The Labute approximate surface area is 121 Å². The monoisotopic (exact) mass is 286 g/mol. The molecule has 0 aromatic heterocycles. The topological polar surface area (TPSA) is 61.7 Å². The van der Waals surface area contributed by atoms with Crippen LogP contribution in [-0.4, -0.2) is 23.5 Å². The smallest absolute Gasteiger partial charge is 0.335 e. The maximum atomic E-state index is 10.7. The maximum absolute atomic E-state index is 10.7. The van der Waals surface area contributed by atoms with Crippen LogP contribution < -0.4 is 5.43 Å². The van der Waals surface area contributed by atoms with E-state index in [0.717, 1.165) is 11.3 Å². The van der Waals surface area contributed by atoms with Gasteiger partial charge in [-0.05, 0) is 48.2 Å². The average molecular weight is 286 g/mol. The lowest BCUT2D eigenvalue weighted by atomic mass is 10.2. The van der Waals surface area contributed by atoms with Crippen LogP contribution in [0.4, 0.5) is 5.69 Å². The predicted molar refractivity (Wildman–Crippen MR) is 82.8 cm³/mol. The Hall–Kier alpha value is -2.27. The summed E-state index contributed by atoms with van der Waals surface area (Å²) in [4.78, 5) is 11.9. The molecular formula is C15H14N2O2S. The first kappa shape index (κ1) is 14.1. The number of benzene rings is 2. The van der Waals surface area contributed by atoms with E-state index in [2.05, 4.69) is 10.5 Å². The number of nitrogens with zero attached hydrogens (tertiary/aromatic N) is 1. The number of aromatic carboxylic acids is 1. The van der Waals surface area contributed by atoms with Gasteiger partial charge < -0.3 is 5.11 Å². The van der Waals surface area contributed by atoms with Crippen LogP contribution in [0.3, 0.4) is 0 Å². The molecule has 0 radical (unpaired) electrons. The Balaban J connectivity index is 1.96. The lowest BCUT2D eigenvalue weighted by Crippen LogP contribution is -1.96. The normalized spacial score (nSPS) is 10.7. The molecule has 102 valence electrons. The Morgan fingerprint density at radius 1 is 1.15 bits per heavy atom. The highest BCUT2D eigenvalue weighted by Gasteiger charge is 2.00. The summed E-state index contributed by atoms with van der Waals surface area (Å²) >= 11 is 1.69. The van der Waals surface area contributed by atoms with Crippen LogP contribution in [0, 0.1) is 0 Å². The summed E-state index contributed by atoms with van der Waals surface area (Å²) < 4.78 is 0. The van der Waals surface area contributed by atoms with Crippen molar-refractivity contribution >= 4 is 29.6 Å². The third-order valence-corrected chi connectivity index (χ3v) is 3.40. The van der Waals surface area contributed by atoms with Crippen LogP contribution in [-0.2, 0) is 0 Å². The van der Waals surface area contributed by atoms with Crippen molar-refractivity contribution in [3.63, 3.8) is 0 Å². The van der Waals surface area contributed by atoms with E-state index in [1.54, 1.807) is 30.1 Å². The van der Waals surface area contributed by atoms with Gasteiger partial charge in [-0.2, -0.15) is 5.10 Å². The van der Waals surface area contributed by atoms with Crippen LogP contribution in [0.25, 0.3) is 0 Å². The van der Waals surface area contributed by atoms with Gasteiger partial charge in [0.05, 0.1) is 17.5 Å². The zero-order chi connectivity index (χ0) is 14.4. The average Bonchev–Trinajstić information content (AvgIpc) is 2.48. The molecule has 0 saturated heterocycles. The van der Waals surface area contributed by atoms with E-state index in [1.165, 1.54) is 17.0 Å². The largest absolute Gasteiger partial charge is 0.478 e. The summed E-state index contributed by atoms with van der Waals surface area (Å²) in [5.74, 6) is -0.936. The number of hydrazone groups is 1. The van der Waals surface area contributed by atoms with Crippen LogP contribution in [0.5, 0.6) is 0 Å². The number of thioether (sulfide) groups is 1. The summed E-state index contributed by atoms with van der Waals surface area (Å²) in [6.45, 7) is 0. The number of carbonyl (C=O) groups is 1. The molecule has 2 aromatic rings. The van der Waals surface area contributed by atoms with Gasteiger partial charge in [0.1, 0.15) is 0 Å². The number of hydrogen-bond acceptors (Lipinski definition) is 4. The predicted octanol–water partition coefficient (Wildman–Crippen LogP) is 3.55. The highest BCUT2D eigenvalue weighted by atomic mass is 32.2. The minimum Gasteiger partial charge on any atom is -0.478 e. The number of rotatable bonds is 5. The molecule has 0 bridgehead atoms. The van der Waals surface area contributed by atoms with Gasteiger partial charge in [0.2, 0.25) is 0 Å². The van der Waals surface area contributed by atoms with Crippen molar-refractivity contribution in [2.45, 2.75) is 4.90 Å². The number of hydrogen-bond donors (Lipinski definition) is 2. The zero-order valence-electron chi connectivity index (χ0n) is 10.9. The van der Waals surface area contributed by atoms with E-state index in [9.17, 15) is 4.79 Å². The molecule has 0 aliphatic carbocycles. The van der Waals surface area contributed by atoms with Gasteiger partial charge in [0.25, 0.3) is 0 Å². The van der Waals surface area contributed by atoms with Gasteiger partial charge in [-0.25, -0.2) is 4.79 Å². The quantitative estimate of drug-likeness (QED) is 0.501. The molecule has 20 heavy (non-hydrogen) atoms. The molecule has 0 aliphatic heterocycles. The molecule has 2 aromatic carbocycles. The minimum atomic E-state index is -0.936. The Kier molecular flexibility index (Phi) is 4.79. The van der Waals surface area contributed by atoms with E-state index in [0.29, 0.717) is 0 Å². The summed E-state index contributed by atoms with van der Waals surface area (Å²) in [7, 11) is 0. The van der Waals surface area contributed by atoms with Gasteiger partial charge in [0, 0.05) is 4.90 Å². The second kappa shape index (κ2) is 6.77. The van der Waals surface area contributed by atoms with Gasteiger partial charge >= 0.3 is 5.97 Å². The number of anilines is 1. The summed E-state index contributed by atoms with van der Waals surface area (Å²) in [6, 6.07) is 14.5. The fourth-order valence-electron chi connectivity index (χ4n) is 1.56. The highest BCUT2D eigenvalue weighted by molar-refractivity contribution is 7.98. The lowest BCUT2D eigenvalue weighted by molar-refractivity contribution is 0.0697. The molecule has 2 rings (SSSR count). The first-order valence-electron chi connectivity index (χ1n) is 5.95. The molecule has 0 unspecified atom stereocenters. The molecule has 5 heteroatoms. The van der Waals surface area contributed by atoms with E-state index >= 15 is 0 Å². The maximum Gasteiger partial charge on any atom is 0.335 e. The molecular weight excluding hydrogens is 272 g/mol. The first-order chi connectivity index (χ1) is 9.69. The van der Waals surface area contributed by atoms with E-state index in [1.807, 2.05) is 30.5 Å². The van der Waals surface area contributed by atoms with E-state index in [4.69, 9.17) is 5.11 Å². The third-order valence-electron chi connectivity index (χ3n) is 2.65. The SMILES string of the molecule is CSc1ccc(C=NNc2ccc(C(=O)O)cc2)cc1. The molecule has 2 N–H and O–H groups in total. The van der Waals surface area contributed by atoms with Crippen LogP contribution in [0.15, 0.2) is 58.5 Å². The summed E-state index contributed by atoms with van der Waals surface area (Å²) in [5, 5.41) is 12.9. The number of nitrogens with one attached hydrogen (secondary N) is 1. The first-order valence-corrected chi connectivity index (χ1v) is 7.18. The van der Waals surface area contributed by atoms with Crippen molar-refractivity contribution in [2.75, 3.05) is 11.7 Å². The number of carboxylic acids is 1. The zero-order valence-corrected chi connectivity index (χ0v) is 11.7. The van der Waals surface area contributed by atoms with Crippen molar-refractivity contribution in [3.05, 3.63) is 59.7 Å². The minimum absolute atomic E-state index is 0.257. The summed E-state index contributed by atoms with van der Waals surface area (Å²) in [5.41, 5.74) is 4.86. The number of carboxylic acid groups (broad SMARTS) is 1. The molecule has 0 aliphatic rings. The second-order valence-electron chi connectivity index (χ2n) is 4.03. The molecule has 0 saturated carbocycles. The van der Waals surface area contributed by atoms with Crippen LogP contribution in [0.1, 0.15) is 15.9 Å². The van der Waals surface area contributed by atoms with Crippen molar-refractivity contribution < 1.29 is 9.90 Å². The van der Waals surface area contributed by atoms with E-state index in [-0.39, 0.29) is 5.56 Å². The van der Waals surface area contributed by atoms with Gasteiger partial charge in [-0.1, -0.05) is 12.1 Å². The fourth-order valence-corrected chi connectivity index (χ4v) is 1.97. The Bertz CT molecular complexity index is 607. The van der Waals surface area contributed by atoms with Crippen LogP contribution in [0.2, 0.25) is 0 Å². The Morgan fingerprint density at radius 2 is 1.80 bits per heavy atom. The molecule has 0 spiro atoms. The molecule has 0 heterocycles. The molecule has 0 atom stereocenters. The molecule has 0 amide bonds. The third kappa shape index (κ3) is 3.86. The fraction of sp³-hybridized carbons (Fsp3) is 0.0667. The van der Waals surface area contributed by atoms with Gasteiger partial charge in [0.15, 0.2) is 0 Å². The van der Waals surface area contributed by atoms with Crippen LogP contribution >= 0.6 is 11.8 Å². The molecule has 0 fully saturated rings. The van der Waals surface area contributed by atoms with Gasteiger partial charge in [-0.3, -0.25) is 5.43 Å². The Morgan fingerprint density at radius 3 is 2.35 bits per heavy atom. The summed E-state index contributed by atoms with van der Waals surface area (Å²) in [6.07, 6.45) is 3.75. The van der Waals surface area contributed by atoms with Crippen molar-refractivity contribution in [1.82, 2.24) is 0 Å². The second-order valence-corrected chi connectivity index (χ2v) is 4.91.